The summed E-state index contributed by atoms with van der Waals surface area (Å²) < 4.78 is 0. The predicted octanol–water partition coefficient (Wildman–Crippen LogP) is 6.41. The maximum Gasteiger partial charge on any atom is 0.307 e. The summed E-state index contributed by atoms with van der Waals surface area (Å²) in [7, 11) is 0. The van der Waals surface area contributed by atoms with Crippen LogP contribution >= 0.6 is 0 Å². The summed E-state index contributed by atoms with van der Waals surface area (Å²) >= 11 is 0. The highest BCUT2D eigenvalue weighted by Gasteiger charge is 2.20. The number of benzene rings is 1. The second-order valence-corrected chi connectivity index (χ2v) is 8.02. The Morgan fingerprint density at radius 2 is 1.44 bits per heavy atom. The van der Waals surface area contributed by atoms with Crippen molar-refractivity contribution in [2.24, 2.45) is 11.8 Å². The third kappa shape index (κ3) is 8.07. The van der Waals surface area contributed by atoms with E-state index in [9.17, 15) is 4.79 Å². The van der Waals surface area contributed by atoms with Gasteiger partial charge in [0.1, 0.15) is 0 Å². The molecular weight excluding hydrogens is 308 g/mol. The van der Waals surface area contributed by atoms with Crippen LogP contribution in [-0.4, -0.2) is 11.1 Å². The Kier molecular flexibility index (Phi) is 9.07. The van der Waals surface area contributed by atoms with Crippen molar-refractivity contribution in [1.82, 2.24) is 0 Å². The molecule has 1 fully saturated rings. The first-order valence-corrected chi connectivity index (χ1v) is 10.5. The molecule has 1 saturated carbocycles. The second kappa shape index (κ2) is 11.3. The Morgan fingerprint density at radius 1 is 0.880 bits per heavy atom. The standard InChI is InChI=1S/C23H36O2/c1-2-3-4-5-6-7-19-8-10-20(11-9-19)12-13-21-14-16-22(17-15-21)18-23(24)25/h14-17,19-20H,2-13,18H2,1H3,(H,24,25)/t19-,20-. The summed E-state index contributed by atoms with van der Waals surface area (Å²) in [5.41, 5.74) is 2.25. The van der Waals surface area contributed by atoms with Crippen LogP contribution in [0.2, 0.25) is 0 Å². The Morgan fingerprint density at radius 3 is 2.04 bits per heavy atom. The summed E-state index contributed by atoms with van der Waals surface area (Å²) in [6, 6.07) is 8.16. The smallest absolute Gasteiger partial charge is 0.307 e. The number of hydrogen-bond donors (Lipinski definition) is 1. The molecule has 0 saturated heterocycles. The monoisotopic (exact) mass is 344 g/mol. The van der Waals surface area contributed by atoms with Crippen LogP contribution in [0.5, 0.6) is 0 Å². The van der Waals surface area contributed by atoms with E-state index in [1.54, 1.807) is 0 Å². The quantitative estimate of drug-likeness (QED) is 0.471. The fourth-order valence-electron chi connectivity index (χ4n) is 4.21. The van der Waals surface area contributed by atoms with Crippen LogP contribution in [-0.2, 0) is 17.6 Å². The molecule has 0 heterocycles. The van der Waals surface area contributed by atoms with Crippen molar-refractivity contribution < 1.29 is 9.90 Å². The van der Waals surface area contributed by atoms with E-state index in [2.05, 4.69) is 19.1 Å². The summed E-state index contributed by atoms with van der Waals surface area (Å²) in [6.45, 7) is 2.28. The highest BCUT2D eigenvalue weighted by atomic mass is 16.4. The van der Waals surface area contributed by atoms with Crippen LogP contribution in [0.4, 0.5) is 0 Å². The molecule has 0 radical (unpaired) electrons. The molecule has 2 heteroatoms. The Labute approximate surface area is 154 Å². The van der Waals surface area contributed by atoms with E-state index >= 15 is 0 Å². The van der Waals surface area contributed by atoms with Gasteiger partial charge in [-0.1, -0.05) is 95.4 Å². The molecule has 0 amide bonds. The fourth-order valence-corrected chi connectivity index (χ4v) is 4.21. The van der Waals surface area contributed by atoms with Gasteiger partial charge in [-0.15, -0.1) is 0 Å². The van der Waals surface area contributed by atoms with Gasteiger partial charge in [0.05, 0.1) is 6.42 Å². The molecule has 0 unspecified atom stereocenters. The molecule has 1 N–H and O–H groups in total. The number of aliphatic carboxylic acids is 1. The van der Waals surface area contributed by atoms with Crippen molar-refractivity contribution >= 4 is 5.97 Å². The van der Waals surface area contributed by atoms with Gasteiger partial charge in [0.15, 0.2) is 0 Å². The fraction of sp³-hybridized carbons (Fsp3) is 0.696. The maximum absolute atomic E-state index is 10.7. The Hall–Kier alpha value is -1.31. The lowest BCUT2D eigenvalue weighted by atomic mass is 9.77. The minimum atomic E-state index is -0.755. The molecule has 1 aliphatic rings. The zero-order chi connectivity index (χ0) is 17.9. The van der Waals surface area contributed by atoms with Crippen molar-refractivity contribution in [2.45, 2.75) is 90.4 Å². The number of unbranched alkanes of at least 4 members (excludes halogenated alkanes) is 4. The van der Waals surface area contributed by atoms with E-state index in [1.807, 2.05) is 12.1 Å². The minimum absolute atomic E-state index is 0.128. The number of hydrogen-bond acceptors (Lipinski definition) is 1. The van der Waals surface area contributed by atoms with E-state index in [0.717, 1.165) is 23.8 Å². The van der Waals surface area contributed by atoms with Gasteiger partial charge in [0.25, 0.3) is 0 Å². The molecule has 25 heavy (non-hydrogen) atoms. The van der Waals surface area contributed by atoms with Gasteiger partial charge in [0.2, 0.25) is 0 Å². The van der Waals surface area contributed by atoms with Crippen LogP contribution in [0.15, 0.2) is 24.3 Å². The lowest BCUT2D eigenvalue weighted by molar-refractivity contribution is -0.136. The molecule has 1 aromatic rings. The average molecular weight is 345 g/mol. The van der Waals surface area contributed by atoms with Gasteiger partial charge in [-0.05, 0) is 35.8 Å². The largest absolute Gasteiger partial charge is 0.481 e. The van der Waals surface area contributed by atoms with E-state index in [1.165, 1.54) is 76.2 Å². The third-order valence-electron chi connectivity index (χ3n) is 5.90. The van der Waals surface area contributed by atoms with E-state index in [0.29, 0.717) is 0 Å². The van der Waals surface area contributed by atoms with Crippen molar-refractivity contribution in [3.63, 3.8) is 0 Å². The van der Waals surface area contributed by atoms with Gasteiger partial charge < -0.3 is 5.11 Å². The van der Waals surface area contributed by atoms with Gasteiger partial charge in [0, 0.05) is 0 Å². The maximum atomic E-state index is 10.7. The molecule has 0 bridgehead atoms. The minimum Gasteiger partial charge on any atom is -0.481 e. The Balaban J connectivity index is 1.59. The number of carbonyl (C=O) groups is 1. The molecule has 0 aliphatic heterocycles. The average Bonchev–Trinajstić information content (AvgIpc) is 2.61. The lowest BCUT2D eigenvalue weighted by Crippen LogP contribution is -2.15. The Bertz CT molecular complexity index is 483. The van der Waals surface area contributed by atoms with Gasteiger partial charge in [-0.3, -0.25) is 4.79 Å². The van der Waals surface area contributed by atoms with Crippen LogP contribution < -0.4 is 0 Å². The zero-order valence-corrected chi connectivity index (χ0v) is 16.0. The zero-order valence-electron chi connectivity index (χ0n) is 16.0. The number of aryl methyl sites for hydroxylation is 1. The molecule has 1 aliphatic carbocycles. The van der Waals surface area contributed by atoms with Crippen molar-refractivity contribution in [3.8, 4) is 0 Å². The van der Waals surface area contributed by atoms with Crippen molar-refractivity contribution in [2.75, 3.05) is 0 Å². The SMILES string of the molecule is CCCCCCC[C@H]1CC[C@H](CCc2ccc(CC(=O)O)cc2)CC1. The summed E-state index contributed by atoms with van der Waals surface area (Å²) in [6.07, 6.45) is 16.8. The predicted molar refractivity (Wildman–Crippen MR) is 105 cm³/mol. The summed E-state index contributed by atoms with van der Waals surface area (Å²) in [5, 5.41) is 8.82. The van der Waals surface area contributed by atoms with E-state index < -0.39 is 5.97 Å². The van der Waals surface area contributed by atoms with E-state index in [4.69, 9.17) is 5.11 Å². The first-order chi connectivity index (χ1) is 12.2. The number of carboxylic acid groups (broad SMARTS) is 1. The summed E-state index contributed by atoms with van der Waals surface area (Å²) in [5.74, 6) is 1.14. The molecule has 1 aromatic carbocycles. The molecule has 0 spiro atoms. The van der Waals surface area contributed by atoms with Crippen LogP contribution in [0.25, 0.3) is 0 Å². The highest BCUT2D eigenvalue weighted by molar-refractivity contribution is 5.70. The topological polar surface area (TPSA) is 37.3 Å². The van der Waals surface area contributed by atoms with Crippen molar-refractivity contribution in [1.29, 1.82) is 0 Å². The molecule has 2 rings (SSSR count). The van der Waals surface area contributed by atoms with Crippen LogP contribution in [0.1, 0.15) is 88.7 Å². The van der Waals surface area contributed by atoms with Crippen LogP contribution in [0.3, 0.4) is 0 Å². The molecule has 0 atom stereocenters. The molecule has 140 valence electrons. The first kappa shape index (κ1) is 20.0. The lowest BCUT2D eigenvalue weighted by Gasteiger charge is -2.28. The van der Waals surface area contributed by atoms with Gasteiger partial charge in [-0.2, -0.15) is 0 Å². The van der Waals surface area contributed by atoms with Crippen molar-refractivity contribution in [3.05, 3.63) is 35.4 Å². The first-order valence-electron chi connectivity index (χ1n) is 10.5. The van der Waals surface area contributed by atoms with Gasteiger partial charge >= 0.3 is 5.97 Å². The highest BCUT2D eigenvalue weighted by Crippen LogP contribution is 2.34. The van der Waals surface area contributed by atoms with Crippen LogP contribution in [0, 0.1) is 11.8 Å². The molecule has 0 aromatic heterocycles. The molecule has 2 nitrogen and oxygen atoms in total. The number of rotatable bonds is 11. The number of carboxylic acids is 1. The molecular formula is C23H36O2. The third-order valence-corrected chi connectivity index (χ3v) is 5.90. The summed E-state index contributed by atoms with van der Waals surface area (Å²) in [4.78, 5) is 10.7. The van der Waals surface area contributed by atoms with E-state index in [-0.39, 0.29) is 6.42 Å². The second-order valence-electron chi connectivity index (χ2n) is 8.02. The van der Waals surface area contributed by atoms with Gasteiger partial charge in [-0.25, -0.2) is 0 Å². The normalized spacial score (nSPS) is 20.5.